The number of aryl methyl sites for hydroxylation is 2. The normalized spacial score (nSPS) is 17.8. The van der Waals surface area contributed by atoms with Crippen molar-refractivity contribution < 1.29 is 4.79 Å². The van der Waals surface area contributed by atoms with Crippen LogP contribution >= 0.6 is 36.2 Å². The summed E-state index contributed by atoms with van der Waals surface area (Å²) < 4.78 is 0. The molecule has 0 spiro atoms. The highest BCUT2D eigenvalue weighted by molar-refractivity contribution is 7.13. The highest BCUT2D eigenvalue weighted by Gasteiger charge is 2.30. The van der Waals surface area contributed by atoms with Crippen molar-refractivity contribution in [1.82, 2.24) is 15.2 Å². The third kappa shape index (κ3) is 4.05. The van der Waals surface area contributed by atoms with Crippen LogP contribution in [0, 0.1) is 13.8 Å². The molecule has 1 amide bonds. The molecule has 0 saturated carbocycles. The van der Waals surface area contributed by atoms with Crippen LogP contribution < -0.4 is 5.32 Å². The first kappa shape index (κ1) is 18.6. The molecule has 1 saturated heterocycles. The van der Waals surface area contributed by atoms with Crippen molar-refractivity contribution in [2.24, 2.45) is 0 Å². The van der Waals surface area contributed by atoms with E-state index >= 15 is 0 Å². The Morgan fingerprint density at radius 2 is 2.16 bits per heavy atom. The molecular weight excluding hydrogens is 305 g/mol. The number of carbonyl (C=O) groups is 1. The molecule has 2 heterocycles. The largest absolute Gasteiger partial charge is 0.334 e. The van der Waals surface area contributed by atoms with E-state index in [1.807, 2.05) is 25.8 Å². The van der Waals surface area contributed by atoms with E-state index < -0.39 is 0 Å². The van der Waals surface area contributed by atoms with Gasteiger partial charge in [0, 0.05) is 19.1 Å². The number of halogens is 2. The zero-order valence-corrected chi connectivity index (χ0v) is 13.9. The molecule has 0 aliphatic carbocycles. The number of likely N-dealkylation sites (tertiary alicyclic amines) is 1. The number of nitrogens with one attached hydrogen (secondary N) is 1. The molecule has 2 rings (SSSR count). The Labute approximate surface area is 130 Å². The second-order valence-electron chi connectivity index (χ2n) is 4.50. The van der Waals surface area contributed by atoms with E-state index in [1.54, 1.807) is 0 Å². The summed E-state index contributed by atoms with van der Waals surface area (Å²) in [4.78, 5) is 19.6. The number of carbonyl (C=O) groups excluding carboxylic acids is 1. The van der Waals surface area contributed by atoms with Crippen LogP contribution in [-0.2, 0) is 0 Å². The third-order valence-corrected chi connectivity index (χ3v) is 4.24. The second-order valence-corrected chi connectivity index (χ2v) is 5.70. The lowest BCUT2D eigenvalue weighted by atomic mass is 10.2. The molecule has 1 unspecified atom stereocenters. The van der Waals surface area contributed by atoms with Gasteiger partial charge in [0.2, 0.25) is 0 Å². The number of hydrogen-bond acceptors (Lipinski definition) is 4. The lowest BCUT2D eigenvalue weighted by molar-refractivity contribution is 0.0741. The van der Waals surface area contributed by atoms with Gasteiger partial charge >= 0.3 is 0 Å². The van der Waals surface area contributed by atoms with Gasteiger partial charge in [0.05, 0.1) is 10.7 Å². The summed E-state index contributed by atoms with van der Waals surface area (Å²) in [7, 11) is 1.93. The van der Waals surface area contributed by atoms with Crippen molar-refractivity contribution >= 4 is 42.1 Å². The van der Waals surface area contributed by atoms with Crippen LogP contribution in [0.2, 0.25) is 0 Å². The summed E-state index contributed by atoms with van der Waals surface area (Å²) in [5.41, 5.74) is 0.868. The Hall–Kier alpha value is -0.360. The van der Waals surface area contributed by atoms with Crippen molar-refractivity contribution in [3.8, 4) is 0 Å². The minimum atomic E-state index is 0. The molecule has 1 aliphatic rings. The van der Waals surface area contributed by atoms with Crippen molar-refractivity contribution in [1.29, 1.82) is 0 Å². The zero-order chi connectivity index (χ0) is 12.4. The maximum absolute atomic E-state index is 12.4. The van der Waals surface area contributed by atoms with E-state index in [-0.39, 0.29) is 30.7 Å². The van der Waals surface area contributed by atoms with Crippen LogP contribution in [0.1, 0.15) is 33.2 Å². The zero-order valence-electron chi connectivity index (χ0n) is 11.4. The average molecular weight is 326 g/mol. The molecule has 1 aliphatic heterocycles. The molecule has 4 nitrogen and oxygen atoms in total. The molecule has 1 atom stereocenters. The Morgan fingerprint density at radius 3 is 2.68 bits per heavy atom. The fraction of sp³-hybridized carbons (Fsp3) is 0.667. The summed E-state index contributed by atoms with van der Waals surface area (Å²) in [5, 5.41) is 4.13. The molecule has 0 bridgehead atoms. The Bertz CT molecular complexity index is 425. The monoisotopic (exact) mass is 325 g/mol. The van der Waals surface area contributed by atoms with Crippen molar-refractivity contribution in [3.63, 3.8) is 0 Å². The lowest BCUT2D eigenvalue weighted by Gasteiger charge is -2.24. The van der Waals surface area contributed by atoms with Gasteiger partial charge in [0.1, 0.15) is 4.88 Å². The van der Waals surface area contributed by atoms with E-state index in [2.05, 4.69) is 10.3 Å². The van der Waals surface area contributed by atoms with Crippen molar-refractivity contribution in [2.45, 2.75) is 32.7 Å². The van der Waals surface area contributed by atoms with E-state index in [9.17, 15) is 4.79 Å². The predicted octanol–water partition coefficient (Wildman–Crippen LogP) is 2.43. The maximum Gasteiger partial charge on any atom is 0.266 e. The topological polar surface area (TPSA) is 45.2 Å². The average Bonchev–Trinajstić information content (AvgIpc) is 2.85. The quantitative estimate of drug-likeness (QED) is 0.928. The van der Waals surface area contributed by atoms with E-state index in [1.165, 1.54) is 11.3 Å². The number of aromatic nitrogens is 1. The Morgan fingerprint density at radius 1 is 1.47 bits per heavy atom. The van der Waals surface area contributed by atoms with Crippen LogP contribution in [0.4, 0.5) is 0 Å². The highest BCUT2D eigenvalue weighted by Crippen LogP contribution is 2.24. The number of nitrogens with zero attached hydrogens (tertiary/aromatic N) is 2. The van der Waals surface area contributed by atoms with Gasteiger partial charge < -0.3 is 10.2 Å². The molecule has 110 valence electrons. The maximum atomic E-state index is 12.4. The van der Waals surface area contributed by atoms with Gasteiger partial charge in [-0.15, -0.1) is 36.2 Å². The molecule has 0 aromatic carbocycles. The van der Waals surface area contributed by atoms with E-state index in [0.29, 0.717) is 6.04 Å². The molecule has 7 heteroatoms. The summed E-state index contributed by atoms with van der Waals surface area (Å²) in [6.07, 6.45) is 2.21. The fourth-order valence-electron chi connectivity index (χ4n) is 2.41. The van der Waals surface area contributed by atoms with Crippen LogP contribution in [0.3, 0.4) is 0 Å². The molecular formula is C12H21Cl2N3OS. The summed E-state index contributed by atoms with van der Waals surface area (Å²) in [6.45, 7) is 5.62. The smallest absolute Gasteiger partial charge is 0.266 e. The highest BCUT2D eigenvalue weighted by atomic mass is 35.5. The number of thiazole rings is 1. The Balaban J connectivity index is 0.00000162. The van der Waals surface area contributed by atoms with Gasteiger partial charge in [-0.05, 0) is 33.7 Å². The number of rotatable bonds is 3. The van der Waals surface area contributed by atoms with Gasteiger partial charge in [-0.25, -0.2) is 4.98 Å². The van der Waals surface area contributed by atoms with E-state index in [0.717, 1.165) is 41.5 Å². The van der Waals surface area contributed by atoms with Crippen molar-refractivity contribution in [2.75, 3.05) is 20.1 Å². The second kappa shape index (κ2) is 8.04. The summed E-state index contributed by atoms with van der Waals surface area (Å²) >= 11 is 1.51. The van der Waals surface area contributed by atoms with Crippen LogP contribution in [0.5, 0.6) is 0 Å². The molecule has 1 aromatic heterocycles. The molecule has 19 heavy (non-hydrogen) atoms. The van der Waals surface area contributed by atoms with Crippen LogP contribution in [-0.4, -0.2) is 42.0 Å². The molecule has 0 radical (unpaired) electrons. The summed E-state index contributed by atoms with van der Waals surface area (Å²) in [6, 6.07) is 0.342. The number of hydrogen-bond donors (Lipinski definition) is 1. The molecule has 1 aromatic rings. The van der Waals surface area contributed by atoms with Gasteiger partial charge in [0.15, 0.2) is 0 Å². The van der Waals surface area contributed by atoms with E-state index in [4.69, 9.17) is 0 Å². The lowest BCUT2D eigenvalue weighted by Crippen LogP contribution is -2.40. The molecule has 1 fully saturated rings. The van der Waals surface area contributed by atoms with Crippen molar-refractivity contribution in [3.05, 3.63) is 15.6 Å². The molecule has 1 N–H and O–H groups in total. The first-order valence-corrected chi connectivity index (χ1v) is 6.84. The predicted molar refractivity (Wildman–Crippen MR) is 84.1 cm³/mol. The first-order chi connectivity index (χ1) is 8.13. The van der Waals surface area contributed by atoms with Crippen LogP contribution in [0.15, 0.2) is 0 Å². The fourth-order valence-corrected chi connectivity index (χ4v) is 3.29. The van der Waals surface area contributed by atoms with Gasteiger partial charge in [-0.2, -0.15) is 0 Å². The minimum Gasteiger partial charge on any atom is -0.334 e. The van der Waals surface area contributed by atoms with Crippen LogP contribution in [0.25, 0.3) is 0 Å². The van der Waals surface area contributed by atoms with Gasteiger partial charge in [-0.3, -0.25) is 4.79 Å². The minimum absolute atomic E-state index is 0. The van der Waals surface area contributed by atoms with Gasteiger partial charge in [-0.1, -0.05) is 0 Å². The third-order valence-electron chi connectivity index (χ3n) is 3.18. The Kier molecular flexibility index (Phi) is 7.89. The standard InChI is InChI=1S/C12H19N3OS.2ClH/c1-8-11(17-9(2)14-8)12(16)15-6-4-5-10(15)7-13-3;;/h10,13H,4-7H2,1-3H3;2*1H. The van der Waals surface area contributed by atoms with Gasteiger partial charge in [0.25, 0.3) is 5.91 Å². The summed E-state index contributed by atoms with van der Waals surface area (Å²) in [5.74, 6) is 0.158. The number of likely N-dealkylation sites (N-methyl/N-ethyl adjacent to an activating group) is 1. The SMILES string of the molecule is CNCC1CCCN1C(=O)c1sc(C)nc1C.Cl.Cl. The first-order valence-electron chi connectivity index (χ1n) is 6.03. The number of amides is 1.